The third-order valence-corrected chi connectivity index (χ3v) is 3.81. The van der Waals surface area contributed by atoms with E-state index in [-0.39, 0.29) is 0 Å². The van der Waals surface area contributed by atoms with Crippen LogP contribution in [0.3, 0.4) is 0 Å². The highest BCUT2D eigenvalue weighted by Crippen LogP contribution is 2.35. The summed E-state index contributed by atoms with van der Waals surface area (Å²) in [5.41, 5.74) is 0. The Balaban J connectivity index is 1.92. The van der Waals surface area contributed by atoms with Crippen LogP contribution in [0.4, 0.5) is 0 Å². The van der Waals surface area contributed by atoms with Crippen LogP contribution in [-0.2, 0) is 0 Å². The lowest BCUT2D eigenvalue weighted by atomic mass is 10.0. The van der Waals surface area contributed by atoms with Gasteiger partial charge in [-0.15, -0.1) is 0 Å². The van der Waals surface area contributed by atoms with E-state index in [1.165, 1.54) is 45.2 Å². The van der Waals surface area contributed by atoms with E-state index in [0.717, 1.165) is 12.3 Å². The van der Waals surface area contributed by atoms with Gasteiger partial charge in [0.05, 0.1) is 12.0 Å². The van der Waals surface area contributed by atoms with Crippen molar-refractivity contribution in [2.24, 2.45) is 11.8 Å². The van der Waals surface area contributed by atoms with Gasteiger partial charge in [-0.3, -0.25) is 4.90 Å². The Morgan fingerprint density at radius 3 is 2.67 bits per heavy atom. The number of nitrogens with zero attached hydrogens (tertiary/aromatic N) is 2. The van der Waals surface area contributed by atoms with Crippen LogP contribution in [0.1, 0.15) is 45.4 Å². The zero-order valence-corrected chi connectivity index (χ0v) is 9.78. The first-order valence-electron chi connectivity index (χ1n) is 6.48. The Bertz CT molecular complexity index is 239. The maximum Gasteiger partial charge on any atom is 0.0672 e. The second-order valence-corrected chi connectivity index (χ2v) is 5.17. The summed E-state index contributed by atoms with van der Waals surface area (Å²) in [6, 6.07) is 3.08. The van der Waals surface area contributed by atoms with Gasteiger partial charge in [-0.1, -0.05) is 13.3 Å². The molecule has 0 aromatic rings. The zero-order chi connectivity index (χ0) is 10.7. The number of rotatable bonds is 5. The maximum atomic E-state index is 9.13. The van der Waals surface area contributed by atoms with Crippen LogP contribution in [-0.4, -0.2) is 24.0 Å². The highest BCUT2D eigenvalue weighted by Gasteiger charge is 2.34. The fourth-order valence-corrected chi connectivity index (χ4v) is 2.84. The molecule has 0 aromatic heterocycles. The lowest BCUT2D eigenvalue weighted by Crippen LogP contribution is -2.39. The predicted molar refractivity (Wildman–Crippen MR) is 61.3 cm³/mol. The summed E-state index contributed by atoms with van der Waals surface area (Å²) in [5, 5.41) is 9.13. The van der Waals surface area contributed by atoms with Crippen molar-refractivity contribution in [1.82, 2.24) is 4.90 Å². The lowest BCUT2D eigenvalue weighted by molar-refractivity contribution is 0.170. The first-order chi connectivity index (χ1) is 7.35. The highest BCUT2D eigenvalue weighted by atomic mass is 15.2. The van der Waals surface area contributed by atoms with Crippen LogP contribution in [0.5, 0.6) is 0 Å². The second-order valence-electron chi connectivity index (χ2n) is 5.17. The molecule has 2 fully saturated rings. The first-order valence-corrected chi connectivity index (χ1v) is 6.48. The Hall–Kier alpha value is -0.550. The highest BCUT2D eigenvalue weighted by molar-refractivity contribution is 4.98. The third-order valence-electron chi connectivity index (χ3n) is 3.81. The predicted octanol–water partition coefficient (Wildman–Crippen LogP) is 2.80. The Morgan fingerprint density at radius 1 is 1.27 bits per heavy atom. The topological polar surface area (TPSA) is 27.0 Å². The van der Waals surface area contributed by atoms with E-state index < -0.39 is 0 Å². The van der Waals surface area contributed by atoms with Gasteiger partial charge in [0.2, 0.25) is 0 Å². The average Bonchev–Trinajstić information content (AvgIpc) is 2.93. The fraction of sp³-hybridized carbons (Fsp3) is 0.923. The zero-order valence-electron chi connectivity index (χ0n) is 9.78. The van der Waals surface area contributed by atoms with E-state index >= 15 is 0 Å². The minimum Gasteiger partial charge on any atom is -0.299 e. The first kappa shape index (κ1) is 11.0. The normalized spacial score (nSPS) is 30.7. The van der Waals surface area contributed by atoms with Crippen molar-refractivity contribution >= 4 is 0 Å². The number of nitriles is 1. The molecule has 0 amide bonds. The molecule has 0 aromatic carbocycles. The maximum absolute atomic E-state index is 9.13. The lowest BCUT2D eigenvalue weighted by Gasteiger charge is -2.30. The monoisotopic (exact) mass is 206 g/mol. The molecule has 0 spiro atoms. The van der Waals surface area contributed by atoms with E-state index in [0.29, 0.717) is 12.0 Å². The van der Waals surface area contributed by atoms with Crippen LogP contribution in [0.2, 0.25) is 0 Å². The Labute approximate surface area is 93.3 Å². The smallest absolute Gasteiger partial charge is 0.0672 e. The summed E-state index contributed by atoms with van der Waals surface area (Å²) in [6.45, 7) is 4.70. The molecule has 0 aliphatic heterocycles. The van der Waals surface area contributed by atoms with Crippen molar-refractivity contribution in [3.05, 3.63) is 0 Å². The summed E-state index contributed by atoms with van der Waals surface area (Å²) in [7, 11) is 0. The standard InChI is InChI=1S/C13H22N2/c1-2-8-15(10-11-6-7-11)13-5-3-4-12(13)9-14/h11-13H,2-8,10H2,1H3. The van der Waals surface area contributed by atoms with Crippen molar-refractivity contribution in [2.45, 2.75) is 51.5 Å². The van der Waals surface area contributed by atoms with E-state index in [9.17, 15) is 0 Å². The molecule has 2 aliphatic rings. The molecule has 2 heteroatoms. The molecule has 15 heavy (non-hydrogen) atoms. The summed E-state index contributed by atoms with van der Waals surface area (Å²) in [5.74, 6) is 1.27. The molecule has 0 radical (unpaired) electrons. The molecule has 0 saturated heterocycles. The molecular formula is C13H22N2. The molecule has 0 N–H and O–H groups in total. The molecule has 2 aliphatic carbocycles. The minimum absolute atomic E-state index is 0.315. The Kier molecular flexibility index (Phi) is 3.64. The summed E-state index contributed by atoms with van der Waals surface area (Å²) >= 11 is 0. The van der Waals surface area contributed by atoms with Crippen LogP contribution >= 0.6 is 0 Å². The molecule has 2 nitrogen and oxygen atoms in total. The second kappa shape index (κ2) is 4.99. The molecular weight excluding hydrogens is 184 g/mol. The minimum atomic E-state index is 0.315. The van der Waals surface area contributed by atoms with Crippen molar-refractivity contribution in [1.29, 1.82) is 5.26 Å². The van der Waals surface area contributed by atoms with Crippen molar-refractivity contribution in [3.63, 3.8) is 0 Å². The quantitative estimate of drug-likeness (QED) is 0.691. The fourth-order valence-electron chi connectivity index (χ4n) is 2.84. The number of hydrogen-bond acceptors (Lipinski definition) is 2. The van der Waals surface area contributed by atoms with Crippen LogP contribution in [0.25, 0.3) is 0 Å². The van der Waals surface area contributed by atoms with E-state index in [1.54, 1.807) is 0 Å². The SMILES string of the molecule is CCCN(CC1CC1)C1CCCC1C#N. The largest absolute Gasteiger partial charge is 0.299 e. The van der Waals surface area contributed by atoms with Gasteiger partial charge < -0.3 is 0 Å². The molecule has 2 rings (SSSR count). The van der Waals surface area contributed by atoms with Gasteiger partial charge in [0, 0.05) is 12.6 Å². The number of hydrogen-bond donors (Lipinski definition) is 0. The summed E-state index contributed by atoms with van der Waals surface area (Å²) < 4.78 is 0. The van der Waals surface area contributed by atoms with Crippen LogP contribution in [0, 0.1) is 23.2 Å². The molecule has 2 atom stereocenters. The van der Waals surface area contributed by atoms with Crippen molar-refractivity contribution in [3.8, 4) is 6.07 Å². The molecule has 0 heterocycles. The molecule has 84 valence electrons. The summed E-state index contributed by atoms with van der Waals surface area (Å²) in [4.78, 5) is 2.61. The van der Waals surface area contributed by atoms with Gasteiger partial charge in [-0.2, -0.15) is 5.26 Å². The summed E-state index contributed by atoms with van der Waals surface area (Å²) in [6.07, 6.45) is 7.71. The van der Waals surface area contributed by atoms with Gasteiger partial charge in [0.1, 0.15) is 0 Å². The van der Waals surface area contributed by atoms with Gasteiger partial charge in [-0.25, -0.2) is 0 Å². The average molecular weight is 206 g/mol. The Morgan fingerprint density at radius 2 is 2.07 bits per heavy atom. The van der Waals surface area contributed by atoms with Gasteiger partial charge in [0.25, 0.3) is 0 Å². The van der Waals surface area contributed by atoms with E-state index in [2.05, 4.69) is 17.9 Å². The van der Waals surface area contributed by atoms with Crippen LogP contribution < -0.4 is 0 Å². The van der Waals surface area contributed by atoms with E-state index in [4.69, 9.17) is 5.26 Å². The third kappa shape index (κ3) is 2.72. The molecule has 2 unspecified atom stereocenters. The van der Waals surface area contributed by atoms with Gasteiger partial charge >= 0.3 is 0 Å². The van der Waals surface area contributed by atoms with Gasteiger partial charge in [-0.05, 0) is 44.6 Å². The van der Waals surface area contributed by atoms with Crippen molar-refractivity contribution in [2.75, 3.05) is 13.1 Å². The molecule has 2 saturated carbocycles. The van der Waals surface area contributed by atoms with Crippen molar-refractivity contribution < 1.29 is 0 Å². The van der Waals surface area contributed by atoms with Crippen LogP contribution in [0.15, 0.2) is 0 Å². The molecule has 0 bridgehead atoms. The van der Waals surface area contributed by atoms with E-state index in [1.807, 2.05) is 0 Å². The van der Waals surface area contributed by atoms with Gasteiger partial charge in [0.15, 0.2) is 0 Å².